The SMILES string of the molecule is CCCOc1cc(OCCC)c(/C=C/C(=O)c2ccc(OCOC(=O)C(C)(C)C)cc2)cc1C. The molecule has 0 radical (unpaired) electrons. The molecule has 0 amide bonds. The van der Waals surface area contributed by atoms with Crippen LogP contribution >= 0.6 is 0 Å². The molecule has 0 bridgehead atoms. The van der Waals surface area contributed by atoms with E-state index in [1.54, 1.807) is 51.1 Å². The Kier molecular flexibility index (Phi) is 10.2. The van der Waals surface area contributed by atoms with Gasteiger partial charge in [0, 0.05) is 17.2 Å². The molecular formula is C28H36O6. The predicted molar refractivity (Wildman–Crippen MR) is 134 cm³/mol. The molecule has 0 fully saturated rings. The first kappa shape index (κ1) is 27.0. The molecule has 0 aliphatic rings. The first-order valence-corrected chi connectivity index (χ1v) is 11.7. The zero-order chi connectivity index (χ0) is 25.1. The highest BCUT2D eigenvalue weighted by Crippen LogP contribution is 2.30. The lowest BCUT2D eigenvalue weighted by molar-refractivity contribution is -0.159. The summed E-state index contributed by atoms with van der Waals surface area (Å²) in [4.78, 5) is 24.5. The molecule has 6 heteroatoms. The molecule has 0 aliphatic heterocycles. The topological polar surface area (TPSA) is 71.1 Å². The molecular weight excluding hydrogens is 432 g/mol. The molecule has 0 saturated heterocycles. The minimum atomic E-state index is -0.588. The lowest BCUT2D eigenvalue weighted by atomic mass is 9.98. The molecule has 6 nitrogen and oxygen atoms in total. The summed E-state index contributed by atoms with van der Waals surface area (Å²) < 4.78 is 22.2. The van der Waals surface area contributed by atoms with Crippen molar-refractivity contribution in [3.05, 3.63) is 59.2 Å². The standard InChI is InChI=1S/C28H36O6/c1-7-15-31-25-18-26(32-16-8-2)22(17-20(25)3)11-14-24(29)21-9-12-23(13-10-21)33-19-34-27(30)28(4,5)6/h9-14,17-18H,7-8,15-16,19H2,1-6H3/b14-11+. The van der Waals surface area contributed by atoms with Crippen LogP contribution in [0.5, 0.6) is 17.2 Å². The van der Waals surface area contributed by atoms with Crippen LogP contribution in [0.2, 0.25) is 0 Å². The number of rotatable bonds is 12. The average molecular weight is 469 g/mol. The van der Waals surface area contributed by atoms with Gasteiger partial charge in [0.2, 0.25) is 6.79 Å². The molecule has 0 atom stereocenters. The van der Waals surface area contributed by atoms with E-state index in [9.17, 15) is 9.59 Å². The highest BCUT2D eigenvalue weighted by Gasteiger charge is 2.23. The monoisotopic (exact) mass is 468 g/mol. The van der Waals surface area contributed by atoms with Gasteiger partial charge in [0.05, 0.1) is 18.6 Å². The summed E-state index contributed by atoms with van der Waals surface area (Å²) in [6.45, 7) is 12.5. The van der Waals surface area contributed by atoms with Gasteiger partial charge in [-0.25, -0.2) is 0 Å². The summed E-state index contributed by atoms with van der Waals surface area (Å²) in [6.07, 6.45) is 5.10. The zero-order valence-electron chi connectivity index (χ0n) is 21.1. The highest BCUT2D eigenvalue weighted by atomic mass is 16.7. The van der Waals surface area contributed by atoms with Gasteiger partial charge in [-0.1, -0.05) is 13.8 Å². The Labute approximate surface area is 202 Å². The second-order valence-corrected chi connectivity index (χ2v) is 9.02. The summed E-state index contributed by atoms with van der Waals surface area (Å²) in [6, 6.07) is 10.6. The maximum Gasteiger partial charge on any atom is 0.314 e. The molecule has 0 spiro atoms. The fraction of sp³-hybridized carbons (Fsp3) is 0.429. The Bertz CT molecular complexity index is 983. The first-order chi connectivity index (χ1) is 16.2. The molecule has 2 aromatic carbocycles. The Morgan fingerprint density at radius 2 is 1.50 bits per heavy atom. The fourth-order valence-electron chi connectivity index (χ4n) is 2.87. The summed E-state index contributed by atoms with van der Waals surface area (Å²) in [5.41, 5.74) is 1.74. The van der Waals surface area contributed by atoms with E-state index >= 15 is 0 Å². The summed E-state index contributed by atoms with van der Waals surface area (Å²) >= 11 is 0. The van der Waals surface area contributed by atoms with Crippen LogP contribution < -0.4 is 14.2 Å². The molecule has 0 aliphatic carbocycles. The van der Waals surface area contributed by atoms with Crippen molar-refractivity contribution in [2.45, 2.75) is 54.4 Å². The minimum absolute atomic E-state index is 0.142. The second-order valence-electron chi connectivity index (χ2n) is 9.02. The van der Waals surface area contributed by atoms with Crippen LogP contribution in [0.15, 0.2) is 42.5 Å². The molecule has 0 unspecified atom stereocenters. The molecule has 0 N–H and O–H groups in total. The normalized spacial score (nSPS) is 11.4. The molecule has 0 heterocycles. The van der Waals surface area contributed by atoms with E-state index < -0.39 is 5.41 Å². The third-order valence-electron chi connectivity index (χ3n) is 4.81. The number of ketones is 1. The Morgan fingerprint density at radius 1 is 0.882 bits per heavy atom. The van der Waals surface area contributed by atoms with Crippen LogP contribution in [0.3, 0.4) is 0 Å². The smallest absolute Gasteiger partial charge is 0.314 e. The van der Waals surface area contributed by atoms with Gasteiger partial charge < -0.3 is 18.9 Å². The average Bonchev–Trinajstić information content (AvgIpc) is 2.80. The van der Waals surface area contributed by atoms with Crippen molar-refractivity contribution in [3.8, 4) is 17.2 Å². The van der Waals surface area contributed by atoms with E-state index in [0.717, 1.165) is 29.7 Å². The quantitative estimate of drug-likeness (QED) is 0.155. The highest BCUT2D eigenvalue weighted by molar-refractivity contribution is 6.07. The number of hydrogen-bond acceptors (Lipinski definition) is 6. The van der Waals surface area contributed by atoms with Crippen LogP contribution in [0.4, 0.5) is 0 Å². The summed E-state index contributed by atoms with van der Waals surface area (Å²) in [7, 11) is 0. The van der Waals surface area contributed by atoms with Crippen LogP contribution in [0, 0.1) is 12.3 Å². The predicted octanol–water partition coefficient (Wildman–Crippen LogP) is 6.39. The van der Waals surface area contributed by atoms with E-state index in [1.807, 2.05) is 26.0 Å². The second kappa shape index (κ2) is 12.8. The van der Waals surface area contributed by atoms with Gasteiger partial charge in [-0.15, -0.1) is 0 Å². The van der Waals surface area contributed by atoms with E-state index in [-0.39, 0.29) is 18.5 Å². The zero-order valence-corrected chi connectivity index (χ0v) is 21.1. The van der Waals surface area contributed by atoms with E-state index in [0.29, 0.717) is 30.3 Å². The minimum Gasteiger partial charge on any atom is -0.493 e. The van der Waals surface area contributed by atoms with Crippen molar-refractivity contribution in [1.29, 1.82) is 0 Å². The Hall–Kier alpha value is -3.28. The van der Waals surface area contributed by atoms with Crippen molar-refractivity contribution in [2.75, 3.05) is 20.0 Å². The van der Waals surface area contributed by atoms with Crippen molar-refractivity contribution < 1.29 is 28.5 Å². The summed E-state index contributed by atoms with van der Waals surface area (Å²) in [5, 5.41) is 0. The van der Waals surface area contributed by atoms with Gasteiger partial charge in [-0.05, 0) is 88.6 Å². The largest absolute Gasteiger partial charge is 0.493 e. The van der Waals surface area contributed by atoms with Crippen molar-refractivity contribution >= 4 is 17.8 Å². The lowest BCUT2D eigenvalue weighted by Gasteiger charge is -2.16. The number of benzene rings is 2. The molecule has 0 aromatic heterocycles. The van der Waals surface area contributed by atoms with E-state index in [4.69, 9.17) is 18.9 Å². The lowest BCUT2D eigenvalue weighted by Crippen LogP contribution is -2.24. The van der Waals surface area contributed by atoms with Gasteiger partial charge in [-0.3, -0.25) is 9.59 Å². The molecule has 0 saturated carbocycles. The number of aryl methyl sites for hydroxylation is 1. The van der Waals surface area contributed by atoms with Gasteiger partial charge >= 0.3 is 5.97 Å². The summed E-state index contributed by atoms with van der Waals surface area (Å²) in [5.74, 6) is 1.51. The van der Waals surface area contributed by atoms with Crippen LogP contribution in [-0.2, 0) is 9.53 Å². The number of ether oxygens (including phenoxy) is 4. The number of esters is 1. The number of carbonyl (C=O) groups is 2. The fourth-order valence-corrected chi connectivity index (χ4v) is 2.87. The van der Waals surface area contributed by atoms with Gasteiger partial charge in [0.1, 0.15) is 17.2 Å². The van der Waals surface area contributed by atoms with Crippen LogP contribution in [0.25, 0.3) is 6.08 Å². The Morgan fingerprint density at radius 3 is 2.09 bits per heavy atom. The molecule has 2 aromatic rings. The van der Waals surface area contributed by atoms with Crippen molar-refractivity contribution in [1.82, 2.24) is 0 Å². The van der Waals surface area contributed by atoms with Gasteiger partial charge in [0.25, 0.3) is 0 Å². The maximum atomic E-state index is 12.7. The van der Waals surface area contributed by atoms with Crippen LogP contribution in [0.1, 0.15) is 68.9 Å². The van der Waals surface area contributed by atoms with Crippen molar-refractivity contribution in [2.24, 2.45) is 5.41 Å². The first-order valence-electron chi connectivity index (χ1n) is 11.7. The molecule has 184 valence electrons. The van der Waals surface area contributed by atoms with Gasteiger partial charge in [0.15, 0.2) is 5.78 Å². The van der Waals surface area contributed by atoms with Crippen molar-refractivity contribution in [3.63, 3.8) is 0 Å². The number of carbonyl (C=O) groups excluding carboxylic acids is 2. The number of hydrogen-bond donors (Lipinski definition) is 0. The third kappa shape index (κ3) is 8.25. The third-order valence-corrected chi connectivity index (χ3v) is 4.81. The molecule has 34 heavy (non-hydrogen) atoms. The Balaban J connectivity index is 2.06. The van der Waals surface area contributed by atoms with Gasteiger partial charge in [-0.2, -0.15) is 0 Å². The number of allylic oxidation sites excluding steroid dienone is 1. The molecule has 2 rings (SSSR count). The maximum absolute atomic E-state index is 12.7. The van der Waals surface area contributed by atoms with E-state index in [2.05, 4.69) is 6.92 Å². The van der Waals surface area contributed by atoms with E-state index in [1.165, 1.54) is 6.08 Å². The van der Waals surface area contributed by atoms with Crippen LogP contribution in [-0.4, -0.2) is 31.8 Å².